The van der Waals surface area contributed by atoms with E-state index >= 15 is 0 Å². The molecular formula is C16H25N3O2. The highest BCUT2D eigenvalue weighted by atomic mass is 16.5. The maximum atomic E-state index is 11.4. The summed E-state index contributed by atoms with van der Waals surface area (Å²) >= 11 is 0. The first-order chi connectivity index (χ1) is 10.1. The van der Waals surface area contributed by atoms with Gasteiger partial charge in [0.2, 0.25) is 0 Å². The summed E-state index contributed by atoms with van der Waals surface area (Å²) in [7, 11) is 3.38. The molecular weight excluding hydrogens is 266 g/mol. The molecule has 0 heterocycles. The standard InChI is InChI=1S/C16H25N3O2/c1-5-17-16(18-11-13(2)15(20)21-4)19(3)12-14-9-7-6-8-10-14/h6-10,13H,5,11-12H2,1-4H3,(H,17,18). The van der Waals surface area contributed by atoms with E-state index < -0.39 is 0 Å². The number of nitrogens with zero attached hydrogens (tertiary/aromatic N) is 2. The van der Waals surface area contributed by atoms with Crippen LogP contribution in [0.15, 0.2) is 35.3 Å². The van der Waals surface area contributed by atoms with Crippen LogP contribution in [0.5, 0.6) is 0 Å². The van der Waals surface area contributed by atoms with Crippen molar-refractivity contribution in [2.45, 2.75) is 20.4 Å². The molecule has 0 saturated carbocycles. The quantitative estimate of drug-likeness (QED) is 0.494. The van der Waals surface area contributed by atoms with Gasteiger partial charge in [-0.3, -0.25) is 9.79 Å². The number of hydrogen-bond acceptors (Lipinski definition) is 3. The number of rotatable bonds is 6. The zero-order valence-electron chi connectivity index (χ0n) is 13.3. The Morgan fingerprint density at radius 1 is 1.38 bits per heavy atom. The summed E-state index contributed by atoms with van der Waals surface area (Å²) in [6.45, 7) is 5.80. The molecule has 0 saturated heterocycles. The molecule has 5 nitrogen and oxygen atoms in total. The molecule has 0 fully saturated rings. The molecule has 116 valence electrons. The lowest BCUT2D eigenvalue weighted by Gasteiger charge is -2.22. The van der Waals surface area contributed by atoms with Crippen molar-refractivity contribution in [3.05, 3.63) is 35.9 Å². The number of nitrogens with one attached hydrogen (secondary N) is 1. The predicted octanol–water partition coefficient (Wildman–Crippen LogP) is 1.89. The minimum atomic E-state index is -0.242. The van der Waals surface area contributed by atoms with Gasteiger partial charge in [0, 0.05) is 20.1 Å². The molecule has 1 unspecified atom stereocenters. The van der Waals surface area contributed by atoms with Gasteiger partial charge in [-0.05, 0) is 12.5 Å². The Morgan fingerprint density at radius 3 is 2.62 bits per heavy atom. The summed E-state index contributed by atoms with van der Waals surface area (Å²) < 4.78 is 4.72. The van der Waals surface area contributed by atoms with Crippen molar-refractivity contribution < 1.29 is 9.53 Å². The Labute approximate surface area is 127 Å². The monoisotopic (exact) mass is 291 g/mol. The lowest BCUT2D eigenvalue weighted by atomic mass is 10.2. The van der Waals surface area contributed by atoms with Gasteiger partial charge in [0.15, 0.2) is 5.96 Å². The van der Waals surface area contributed by atoms with Crippen LogP contribution in [0.25, 0.3) is 0 Å². The average Bonchev–Trinajstić information content (AvgIpc) is 2.51. The molecule has 0 amide bonds. The van der Waals surface area contributed by atoms with Crippen molar-refractivity contribution in [3.63, 3.8) is 0 Å². The van der Waals surface area contributed by atoms with Crippen LogP contribution >= 0.6 is 0 Å². The minimum Gasteiger partial charge on any atom is -0.469 e. The van der Waals surface area contributed by atoms with Gasteiger partial charge in [-0.1, -0.05) is 37.3 Å². The van der Waals surface area contributed by atoms with E-state index in [1.165, 1.54) is 12.7 Å². The second-order valence-corrected chi connectivity index (χ2v) is 4.96. The van der Waals surface area contributed by atoms with E-state index in [0.717, 1.165) is 19.0 Å². The van der Waals surface area contributed by atoms with Crippen molar-refractivity contribution in [2.24, 2.45) is 10.9 Å². The number of methoxy groups -OCH3 is 1. The number of guanidine groups is 1. The van der Waals surface area contributed by atoms with Gasteiger partial charge in [0.05, 0.1) is 19.6 Å². The highest BCUT2D eigenvalue weighted by Gasteiger charge is 2.13. The van der Waals surface area contributed by atoms with Crippen molar-refractivity contribution in [1.29, 1.82) is 0 Å². The van der Waals surface area contributed by atoms with E-state index in [0.29, 0.717) is 6.54 Å². The molecule has 1 rings (SSSR count). The Bertz CT molecular complexity index is 460. The summed E-state index contributed by atoms with van der Waals surface area (Å²) in [4.78, 5) is 18.0. The Hall–Kier alpha value is -2.04. The lowest BCUT2D eigenvalue weighted by molar-refractivity contribution is -0.144. The number of carbonyl (C=O) groups is 1. The number of esters is 1. The second kappa shape index (κ2) is 9.00. The maximum absolute atomic E-state index is 11.4. The van der Waals surface area contributed by atoms with Gasteiger partial charge in [0.25, 0.3) is 0 Å². The molecule has 0 aliphatic carbocycles. The predicted molar refractivity (Wildman–Crippen MR) is 85.1 cm³/mol. The molecule has 0 bridgehead atoms. The summed E-state index contributed by atoms with van der Waals surface area (Å²) in [5.41, 5.74) is 1.21. The van der Waals surface area contributed by atoms with Gasteiger partial charge >= 0.3 is 5.97 Å². The van der Waals surface area contributed by atoms with E-state index in [9.17, 15) is 4.79 Å². The van der Waals surface area contributed by atoms with Gasteiger partial charge in [-0.25, -0.2) is 0 Å². The molecule has 1 N–H and O–H groups in total. The van der Waals surface area contributed by atoms with E-state index in [1.54, 1.807) is 0 Å². The fraction of sp³-hybridized carbons (Fsp3) is 0.500. The summed E-state index contributed by atoms with van der Waals surface area (Å²) in [6.07, 6.45) is 0. The van der Waals surface area contributed by atoms with E-state index in [1.807, 2.05) is 44.0 Å². The van der Waals surface area contributed by atoms with E-state index in [-0.39, 0.29) is 11.9 Å². The molecule has 0 aromatic heterocycles. The third kappa shape index (κ3) is 5.85. The molecule has 1 aromatic rings. The fourth-order valence-corrected chi connectivity index (χ4v) is 1.90. The summed E-state index contributed by atoms with van der Waals surface area (Å²) in [6, 6.07) is 10.2. The zero-order chi connectivity index (χ0) is 15.7. The van der Waals surface area contributed by atoms with E-state index in [2.05, 4.69) is 22.4 Å². The van der Waals surface area contributed by atoms with Crippen LogP contribution in [-0.4, -0.2) is 44.1 Å². The third-order valence-corrected chi connectivity index (χ3v) is 3.08. The first-order valence-electron chi connectivity index (χ1n) is 7.19. The first kappa shape index (κ1) is 17.0. The maximum Gasteiger partial charge on any atom is 0.310 e. The van der Waals surface area contributed by atoms with Crippen LogP contribution in [0.2, 0.25) is 0 Å². The SMILES string of the molecule is CCNC(=NCC(C)C(=O)OC)N(C)Cc1ccccc1. The molecule has 0 radical (unpaired) electrons. The largest absolute Gasteiger partial charge is 0.469 e. The third-order valence-electron chi connectivity index (χ3n) is 3.08. The van der Waals surface area contributed by atoms with E-state index in [4.69, 9.17) is 4.74 Å². The number of aliphatic imine (C=N–C) groups is 1. The lowest BCUT2D eigenvalue weighted by Crippen LogP contribution is -2.39. The number of ether oxygens (including phenoxy) is 1. The topological polar surface area (TPSA) is 53.9 Å². The average molecular weight is 291 g/mol. The van der Waals surface area contributed by atoms with Gasteiger partial charge < -0.3 is 15.0 Å². The van der Waals surface area contributed by atoms with Crippen molar-refractivity contribution in [2.75, 3.05) is 27.2 Å². The van der Waals surface area contributed by atoms with Gasteiger partial charge in [-0.15, -0.1) is 0 Å². The number of benzene rings is 1. The Morgan fingerprint density at radius 2 is 2.05 bits per heavy atom. The van der Waals surface area contributed by atoms with Gasteiger partial charge in [0.1, 0.15) is 0 Å². The van der Waals surface area contributed by atoms with Crippen LogP contribution in [0.4, 0.5) is 0 Å². The molecule has 5 heteroatoms. The van der Waals surface area contributed by atoms with Crippen LogP contribution in [0.3, 0.4) is 0 Å². The Balaban J connectivity index is 2.68. The fourth-order valence-electron chi connectivity index (χ4n) is 1.90. The highest BCUT2D eigenvalue weighted by molar-refractivity contribution is 5.80. The number of carbonyl (C=O) groups excluding carboxylic acids is 1. The first-order valence-corrected chi connectivity index (χ1v) is 7.19. The normalized spacial score (nSPS) is 12.7. The van der Waals surface area contributed by atoms with Crippen molar-refractivity contribution in [1.82, 2.24) is 10.2 Å². The Kier molecular flexibility index (Phi) is 7.29. The molecule has 1 aromatic carbocycles. The second-order valence-electron chi connectivity index (χ2n) is 4.96. The molecule has 0 spiro atoms. The minimum absolute atomic E-state index is 0.236. The molecule has 0 aliphatic heterocycles. The van der Waals surface area contributed by atoms with Gasteiger partial charge in [-0.2, -0.15) is 0 Å². The van der Waals surface area contributed by atoms with Crippen LogP contribution in [0, 0.1) is 5.92 Å². The molecule has 1 atom stereocenters. The van der Waals surface area contributed by atoms with Crippen LogP contribution in [-0.2, 0) is 16.1 Å². The number of hydrogen-bond donors (Lipinski definition) is 1. The van der Waals surface area contributed by atoms with Crippen molar-refractivity contribution in [3.8, 4) is 0 Å². The van der Waals surface area contributed by atoms with Crippen LogP contribution in [0.1, 0.15) is 19.4 Å². The summed E-state index contributed by atoms with van der Waals surface area (Å²) in [5, 5.41) is 3.24. The van der Waals surface area contributed by atoms with Crippen LogP contribution < -0.4 is 5.32 Å². The smallest absolute Gasteiger partial charge is 0.310 e. The van der Waals surface area contributed by atoms with Crippen molar-refractivity contribution >= 4 is 11.9 Å². The summed E-state index contributed by atoms with van der Waals surface area (Å²) in [5.74, 6) is 0.311. The highest BCUT2D eigenvalue weighted by Crippen LogP contribution is 2.04. The zero-order valence-corrected chi connectivity index (χ0v) is 13.3. The molecule has 21 heavy (non-hydrogen) atoms. The molecule has 0 aliphatic rings.